The molecule has 0 spiro atoms. The summed E-state index contributed by atoms with van der Waals surface area (Å²) in [6.45, 7) is 9.20. The summed E-state index contributed by atoms with van der Waals surface area (Å²) in [5, 5.41) is 0. The molecule has 0 aromatic heterocycles. The first-order chi connectivity index (χ1) is 5.74. The zero-order chi connectivity index (χ0) is 8.97. The number of rotatable bonds is 2. The Bertz CT molecular complexity index is 155. The van der Waals surface area contributed by atoms with Crippen LogP contribution in [0.2, 0.25) is 0 Å². The molecule has 0 unspecified atom stereocenters. The minimum atomic E-state index is 1.15. The molecule has 1 rings (SSSR count). The highest BCUT2D eigenvalue weighted by Crippen LogP contribution is 2.08. The zero-order valence-corrected chi connectivity index (χ0v) is 8.51. The fraction of sp³-hybridized carbons (Fsp3) is 0.800. The van der Waals surface area contributed by atoms with E-state index in [0.29, 0.717) is 0 Å². The summed E-state index contributed by atoms with van der Waals surface area (Å²) in [5.74, 6) is 0. The number of hydrogen-bond donors (Lipinski definition) is 0. The van der Waals surface area contributed by atoms with Gasteiger partial charge in [0.15, 0.2) is 0 Å². The summed E-state index contributed by atoms with van der Waals surface area (Å²) < 4.78 is 0. The van der Waals surface area contributed by atoms with E-state index < -0.39 is 0 Å². The maximum atomic E-state index is 2.48. The summed E-state index contributed by atoms with van der Waals surface area (Å²) in [6.07, 6.45) is 3.46. The van der Waals surface area contributed by atoms with Crippen molar-refractivity contribution < 1.29 is 0 Å². The molecule has 0 aromatic carbocycles. The standard InChI is InChI=1S/C10H20N2/c1-4-5-10(2)12-8-6-11(3)7-9-12/h5H,4,6-9H2,1-3H3/b10-5+. The molecular weight excluding hydrogens is 148 g/mol. The fourth-order valence-electron chi connectivity index (χ4n) is 1.58. The van der Waals surface area contributed by atoms with Crippen LogP contribution in [0.5, 0.6) is 0 Å². The van der Waals surface area contributed by atoms with Crippen LogP contribution < -0.4 is 0 Å². The van der Waals surface area contributed by atoms with Gasteiger partial charge in [0.2, 0.25) is 0 Å². The third-order valence-corrected chi connectivity index (χ3v) is 2.50. The van der Waals surface area contributed by atoms with Gasteiger partial charge in [-0.05, 0) is 20.4 Å². The van der Waals surface area contributed by atoms with E-state index in [1.165, 1.54) is 31.9 Å². The van der Waals surface area contributed by atoms with E-state index in [4.69, 9.17) is 0 Å². The molecule has 12 heavy (non-hydrogen) atoms. The van der Waals surface area contributed by atoms with Crippen LogP contribution in [0.25, 0.3) is 0 Å². The van der Waals surface area contributed by atoms with Crippen LogP contribution >= 0.6 is 0 Å². The SMILES string of the molecule is CC/C=C(\C)N1CCN(C)CC1. The number of likely N-dealkylation sites (N-methyl/N-ethyl adjacent to an activating group) is 1. The van der Waals surface area contributed by atoms with Gasteiger partial charge >= 0.3 is 0 Å². The van der Waals surface area contributed by atoms with Gasteiger partial charge < -0.3 is 9.80 Å². The lowest BCUT2D eigenvalue weighted by Crippen LogP contribution is -2.43. The van der Waals surface area contributed by atoms with E-state index in [0.717, 1.165) is 6.42 Å². The van der Waals surface area contributed by atoms with E-state index >= 15 is 0 Å². The van der Waals surface area contributed by atoms with Crippen molar-refractivity contribution in [3.05, 3.63) is 11.8 Å². The lowest BCUT2D eigenvalue weighted by atomic mass is 10.2. The molecule has 1 fully saturated rings. The third kappa shape index (κ3) is 2.52. The molecule has 0 radical (unpaired) electrons. The number of allylic oxidation sites excluding steroid dienone is 2. The Balaban J connectivity index is 2.39. The topological polar surface area (TPSA) is 6.48 Å². The van der Waals surface area contributed by atoms with Crippen molar-refractivity contribution in [2.24, 2.45) is 0 Å². The first-order valence-electron chi connectivity index (χ1n) is 4.84. The molecule has 0 N–H and O–H groups in total. The van der Waals surface area contributed by atoms with Gasteiger partial charge in [0.1, 0.15) is 0 Å². The number of piperazine rings is 1. The van der Waals surface area contributed by atoms with Gasteiger partial charge in [-0.25, -0.2) is 0 Å². The van der Waals surface area contributed by atoms with Gasteiger partial charge in [-0.1, -0.05) is 13.0 Å². The van der Waals surface area contributed by atoms with Crippen molar-refractivity contribution in [2.45, 2.75) is 20.3 Å². The Morgan fingerprint density at radius 1 is 1.25 bits per heavy atom. The Labute approximate surface area is 75.8 Å². The lowest BCUT2D eigenvalue weighted by molar-refractivity contribution is 0.186. The molecule has 70 valence electrons. The van der Waals surface area contributed by atoms with E-state index in [1.54, 1.807) is 0 Å². The van der Waals surface area contributed by atoms with Gasteiger partial charge in [-0.3, -0.25) is 0 Å². The highest BCUT2D eigenvalue weighted by molar-refractivity contribution is 4.98. The van der Waals surface area contributed by atoms with Crippen LogP contribution in [0.15, 0.2) is 11.8 Å². The van der Waals surface area contributed by atoms with Crippen molar-refractivity contribution in [3.8, 4) is 0 Å². The third-order valence-electron chi connectivity index (χ3n) is 2.50. The van der Waals surface area contributed by atoms with Gasteiger partial charge in [-0.2, -0.15) is 0 Å². The second-order valence-electron chi connectivity index (χ2n) is 3.54. The zero-order valence-electron chi connectivity index (χ0n) is 8.51. The van der Waals surface area contributed by atoms with Crippen molar-refractivity contribution in [1.29, 1.82) is 0 Å². The maximum Gasteiger partial charge on any atom is 0.0303 e. The van der Waals surface area contributed by atoms with Crippen LogP contribution in [0.1, 0.15) is 20.3 Å². The first kappa shape index (κ1) is 9.59. The van der Waals surface area contributed by atoms with E-state index in [-0.39, 0.29) is 0 Å². The van der Waals surface area contributed by atoms with Crippen LogP contribution in [0.4, 0.5) is 0 Å². The predicted octanol–water partition coefficient (Wildman–Crippen LogP) is 1.55. The normalized spacial score (nSPS) is 21.6. The van der Waals surface area contributed by atoms with E-state index in [1.807, 2.05) is 0 Å². The average molecular weight is 168 g/mol. The van der Waals surface area contributed by atoms with E-state index in [2.05, 4.69) is 36.8 Å². The minimum absolute atomic E-state index is 1.15. The van der Waals surface area contributed by atoms with Crippen LogP contribution in [-0.2, 0) is 0 Å². The molecular formula is C10H20N2. The largest absolute Gasteiger partial charge is 0.373 e. The molecule has 2 nitrogen and oxygen atoms in total. The Morgan fingerprint density at radius 2 is 1.83 bits per heavy atom. The van der Waals surface area contributed by atoms with Crippen molar-refractivity contribution in [2.75, 3.05) is 33.2 Å². The number of nitrogens with zero attached hydrogens (tertiary/aromatic N) is 2. The van der Waals surface area contributed by atoms with Crippen LogP contribution in [-0.4, -0.2) is 43.0 Å². The summed E-state index contributed by atoms with van der Waals surface area (Å²) in [6, 6.07) is 0. The van der Waals surface area contributed by atoms with Crippen LogP contribution in [0.3, 0.4) is 0 Å². The molecule has 0 aliphatic carbocycles. The molecule has 1 aliphatic heterocycles. The van der Waals surface area contributed by atoms with Gasteiger partial charge in [0.25, 0.3) is 0 Å². The van der Waals surface area contributed by atoms with Gasteiger partial charge in [-0.15, -0.1) is 0 Å². The maximum absolute atomic E-state index is 2.48. The second-order valence-corrected chi connectivity index (χ2v) is 3.54. The van der Waals surface area contributed by atoms with Crippen LogP contribution in [0, 0.1) is 0 Å². The fourth-order valence-corrected chi connectivity index (χ4v) is 1.58. The molecule has 0 aromatic rings. The molecule has 1 saturated heterocycles. The lowest BCUT2D eigenvalue weighted by Gasteiger charge is -2.34. The Morgan fingerprint density at radius 3 is 2.33 bits per heavy atom. The smallest absolute Gasteiger partial charge is 0.0303 e. The summed E-state index contributed by atoms with van der Waals surface area (Å²) in [4.78, 5) is 4.86. The first-order valence-corrected chi connectivity index (χ1v) is 4.84. The molecule has 1 aliphatic rings. The molecule has 0 bridgehead atoms. The monoisotopic (exact) mass is 168 g/mol. The minimum Gasteiger partial charge on any atom is -0.373 e. The highest BCUT2D eigenvalue weighted by Gasteiger charge is 2.12. The van der Waals surface area contributed by atoms with Crippen molar-refractivity contribution >= 4 is 0 Å². The van der Waals surface area contributed by atoms with Gasteiger partial charge in [0.05, 0.1) is 0 Å². The molecule has 0 atom stereocenters. The van der Waals surface area contributed by atoms with E-state index in [9.17, 15) is 0 Å². The molecule has 2 heteroatoms. The van der Waals surface area contributed by atoms with Gasteiger partial charge in [0, 0.05) is 31.9 Å². The molecule has 0 saturated carbocycles. The quantitative estimate of drug-likeness (QED) is 0.617. The van der Waals surface area contributed by atoms with Crippen molar-refractivity contribution in [1.82, 2.24) is 9.80 Å². The predicted molar refractivity (Wildman–Crippen MR) is 53.1 cm³/mol. The number of hydrogen-bond acceptors (Lipinski definition) is 2. The molecule has 1 heterocycles. The average Bonchev–Trinajstić information content (AvgIpc) is 2.06. The Hall–Kier alpha value is -0.500. The summed E-state index contributed by atoms with van der Waals surface area (Å²) in [5.41, 5.74) is 1.45. The Kier molecular flexibility index (Phi) is 3.60. The summed E-state index contributed by atoms with van der Waals surface area (Å²) >= 11 is 0. The molecule has 0 amide bonds. The second kappa shape index (κ2) is 4.51. The highest BCUT2D eigenvalue weighted by atomic mass is 15.2. The summed E-state index contributed by atoms with van der Waals surface area (Å²) in [7, 11) is 2.19. The van der Waals surface area contributed by atoms with Crippen molar-refractivity contribution in [3.63, 3.8) is 0 Å².